The highest BCUT2D eigenvalue weighted by molar-refractivity contribution is 7.89. The summed E-state index contributed by atoms with van der Waals surface area (Å²) < 4.78 is 30.3. The molecule has 0 radical (unpaired) electrons. The van der Waals surface area contributed by atoms with Gasteiger partial charge in [0.15, 0.2) is 0 Å². The molecule has 6 nitrogen and oxygen atoms in total. The molecule has 2 N–H and O–H groups in total. The first-order chi connectivity index (χ1) is 9.95. The first kappa shape index (κ1) is 15.5. The quantitative estimate of drug-likeness (QED) is 0.834. The molecule has 0 aliphatic heterocycles. The van der Waals surface area contributed by atoms with Gasteiger partial charge < -0.3 is 9.72 Å². The Kier molecular flexibility index (Phi) is 4.64. The number of hydrogen-bond donors (Lipinski definition) is 2. The fourth-order valence-electron chi connectivity index (χ4n) is 1.99. The van der Waals surface area contributed by atoms with Crippen molar-refractivity contribution in [1.29, 1.82) is 0 Å². The lowest BCUT2D eigenvalue weighted by Crippen LogP contribution is -2.28. The molecule has 0 bridgehead atoms. The number of benzene rings is 1. The Hall–Kier alpha value is -1.86. The van der Waals surface area contributed by atoms with Gasteiger partial charge in [-0.15, -0.1) is 0 Å². The first-order valence-electron chi connectivity index (χ1n) is 6.62. The number of rotatable bonds is 6. The summed E-state index contributed by atoms with van der Waals surface area (Å²) >= 11 is 0. The van der Waals surface area contributed by atoms with E-state index in [0.29, 0.717) is 17.7 Å². The van der Waals surface area contributed by atoms with Crippen LogP contribution in [0.25, 0.3) is 10.9 Å². The van der Waals surface area contributed by atoms with Crippen molar-refractivity contribution in [2.24, 2.45) is 0 Å². The Morgan fingerprint density at radius 1 is 1.29 bits per heavy atom. The second-order valence-electron chi connectivity index (χ2n) is 4.62. The number of methoxy groups -OCH3 is 1. The van der Waals surface area contributed by atoms with Gasteiger partial charge in [-0.05, 0) is 37.6 Å². The van der Waals surface area contributed by atoms with Crippen molar-refractivity contribution in [3.8, 4) is 5.75 Å². The fourth-order valence-corrected chi connectivity index (χ4v) is 2.60. The van der Waals surface area contributed by atoms with Crippen LogP contribution in [0.3, 0.4) is 0 Å². The topological polar surface area (TPSA) is 88.3 Å². The number of sulfonamides is 1. The predicted octanol–water partition coefficient (Wildman–Crippen LogP) is 1.02. The Balaban J connectivity index is 2.23. The van der Waals surface area contributed by atoms with E-state index in [1.54, 1.807) is 32.2 Å². The van der Waals surface area contributed by atoms with Crippen LogP contribution in [-0.4, -0.2) is 32.8 Å². The Labute approximate surface area is 123 Å². The largest absolute Gasteiger partial charge is 0.497 e. The molecule has 2 rings (SSSR count). The van der Waals surface area contributed by atoms with Gasteiger partial charge in [-0.25, -0.2) is 13.1 Å². The molecule has 0 aliphatic carbocycles. The van der Waals surface area contributed by atoms with E-state index in [9.17, 15) is 13.2 Å². The molecule has 1 heterocycles. The number of H-pyrrole nitrogens is 1. The number of hydrogen-bond acceptors (Lipinski definition) is 4. The van der Waals surface area contributed by atoms with E-state index in [2.05, 4.69) is 9.71 Å². The van der Waals surface area contributed by atoms with Gasteiger partial charge in [0.25, 0.3) is 5.56 Å². The summed E-state index contributed by atoms with van der Waals surface area (Å²) in [5.74, 6) is 0.727. The summed E-state index contributed by atoms with van der Waals surface area (Å²) in [5.41, 5.74) is 1.05. The van der Waals surface area contributed by atoms with Gasteiger partial charge in [0.05, 0.1) is 12.9 Å². The van der Waals surface area contributed by atoms with Crippen molar-refractivity contribution in [2.45, 2.75) is 13.3 Å². The molecule has 0 saturated heterocycles. The van der Waals surface area contributed by atoms with Crippen molar-refractivity contribution in [1.82, 2.24) is 9.71 Å². The third kappa shape index (κ3) is 3.83. The Morgan fingerprint density at radius 2 is 2.05 bits per heavy atom. The third-order valence-electron chi connectivity index (χ3n) is 3.22. The maximum Gasteiger partial charge on any atom is 0.251 e. The number of aromatic nitrogens is 1. The van der Waals surface area contributed by atoms with E-state index in [1.165, 1.54) is 0 Å². The summed E-state index contributed by atoms with van der Waals surface area (Å²) in [4.78, 5) is 14.7. The van der Waals surface area contributed by atoms with Crippen LogP contribution in [0.1, 0.15) is 12.5 Å². The van der Waals surface area contributed by atoms with Crippen LogP contribution >= 0.6 is 0 Å². The van der Waals surface area contributed by atoms with Crippen LogP contribution in [0.4, 0.5) is 0 Å². The smallest absolute Gasteiger partial charge is 0.251 e. The Morgan fingerprint density at radius 3 is 2.71 bits per heavy atom. The lowest BCUT2D eigenvalue weighted by Gasteiger charge is -2.06. The highest BCUT2D eigenvalue weighted by Gasteiger charge is 2.08. The number of aromatic amines is 1. The standard InChI is InChI=1S/C14H18N2O4S/c1-3-21(18,19)15-7-6-10-8-11-9-12(20-2)4-5-13(11)16-14(10)17/h4-5,8-9,15H,3,6-7H2,1-2H3,(H,16,17). The molecule has 0 unspecified atom stereocenters. The molecule has 114 valence electrons. The number of nitrogens with one attached hydrogen (secondary N) is 2. The zero-order valence-corrected chi connectivity index (χ0v) is 12.8. The molecule has 0 fully saturated rings. The van der Waals surface area contributed by atoms with E-state index in [-0.39, 0.29) is 17.9 Å². The van der Waals surface area contributed by atoms with Crippen LogP contribution in [0.15, 0.2) is 29.1 Å². The molecule has 21 heavy (non-hydrogen) atoms. The zero-order valence-electron chi connectivity index (χ0n) is 12.0. The molecule has 0 saturated carbocycles. The summed E-state index contributed by atoms with van der Waals surface area (Å²) in [6, 6.07) is 7.13. The summed E-state index contributed by atoms with van der Waals surface area (Å²) in [5, 5.41) is 0.849. The zero-order chi connectivity index (χ0) is 15.5. The normalized spacial score (nSPS) is 11.7. The fraction of sp³-hybridized carbons (Fsp3) is 0.357. The summed E-state index contributed by atoms with van der Waals surface area (Å²) in [6.45, 7) is 1.77. The molecule has 0 atom stereocenters. The second kappa shape index (κ2) is 6.28. The van der Waals surface area contributed by atoms with Crippen LogP contribution < -0.4 is 15.0 Å². The molecular weight excluding hydrogens is 292 g/mol. The number of fused-ring (bicyclic) bond motifs is 1. The minimum absolute atomic E-state index is 0.0261. The maximum absolute atomic E-state index is 11.9. The molecule has 2 aromatic rings. The molecule has 7 heteroatoms. The third-order valence-corrected chi connectivity index (χ3v) is 4.63. The molecular formula is C14H18N2O4S. The number of pyridine rings is 1. The molecule has 0 aliphatic rings. The van der Waals surface area contributed by atoms with Gasteiger partial charge in [0.1, 0.15) is 5.75 Å². The lowest BCUT2D eigenvalue weighted by molar-refractivity contribution is 0.415. The van der Waals surface area contributed by atoms with E-state index < -0.39 is 10.0 Å². The average Bonchev–Trinajstić information content (AvgIpc) is 2.47. The van der Waals surface area contributed by atoms with E-state index >= 15 is 0 Å². The van der Waals surface area contributed by atoms with Gasteiger partial charge in [-0.1, -0.05) is 0 Å². The highest BCUT2D eigenvalue weighted by atomic mass is 32.2. The summed E-state index contributed by atoms with van der Waals surface area (Å²) in [7, 11) is -1.66. The second-order valence-corrected chi connectivity index (χ2v) is 6.72. The van der Waals surface area contributed by atoms with Crippen molar-refractivity contribution >= 4 is 20.9 Å². The molecule has 0 spiro atoms. The van der Waals surface area contributed by atoms with Gasteiger partial charge in [-0.2, -0.15) is 0 Å². The Bertz CT molecular complexity index is 796. The van der Waals surface area contributed by atoms with Crippen molar-refractivity contribution in [2.75, 3.05) is 19.4 Å². The van der Waals surface area contributed by atoms with Crippen molar-refractivity contribution < 1.29 is 13.2 Å². The molecule has 0 amide bonds. The van der Waals surface area contributed by atoms with Gasteiger partial charge in [0.2, 0.25) is 10.0 Å². The minimum atomic E-state index is -3.24. The van der Waals surface area contributed by atoms with Crippen LogP contribution in [0, 0.1) is 0 Å². The first-order valence-corrected chi connectivity index (χ1v) is 8.27. The van der Waals surface area contributed by atoms with Crippen LogP contribution in [-0.2, 0) is 16.4 Å². The predicted molar refractivity (Wildman–Crippen MR) is 82.3 cm³/mol. The maximum atomic E-state index is 11.9. The van der Waals surface area contributed by atoms with E-state index in [0.717, 1.165) is 10.9 Å². The van der Waals surface area contributed by atoms with E-state index in [4.69, 9.17) is 4.74 Å². The summed E-state index contributed by atoms with van der Waals surface area (Å²) in [6.07, 6.45) is 0.335. The molecule has 1 aromatic carbocycles. The van der Waals surface area contributed by atoms with Crippen LogP contribution in [0.2, 0.25) is 0 Å². The van der Waals surface area contributed by atoms with Crippen LogP contribution in [0.5, 0.6) is 5.75 Å². The molecule has 1 aromatic heterocycles. The SMILES string of the molecule is CCS(=O)(=O)NCCc1cc2cc(OC)ccc2[nH]c1=O. The average molecular weight is 310 g/mol. The van der Waals surface area contributed by atoms with Crippen molar-refractivity contribution in [3.63, 3.8) is 0 Å². The van der Waals surface area contributed by atoms with Gasteiger partial charge in [-0.3, -0.25) is 4.79 Å². The van der Waals surface area contributed by atoms with Gasteiger partial charge >= 0.3 is 0 Å². The van der Waals surface area contributed by atoms with Gasteiger partial charge in [0, 0.05) is 23.0 Å². The lowest BCUT2D eigenvalue weighted by atomic mass is 10.1. The highest BCUT2D eigenvalue weighted by Crippen LogP contribution is 2.18. The minimum Gasteiger partial charge on any atom is -0.497 e. The number of ether oxygens (including phenoxy) is 1. The monoisotopic (exact) mass is 310 g/mol. The van der Waals surface area contributed by atoms with Crippen molar-refractivity contribution in [3.05, 3.63) is 40.2 Å². The van der Waals surface area contributed by atoms with E-state index in [1.807, 2.05) is 6.07 Å².